The van der Waals surface area contributed by atoms with Gasteiger partial charge in [-0.3, -0.25) is 0 Å². The first-order valence-electron chi connectivity index (χ1n) is 26.9. The van der Waals surface area contributed by atoms with E-state index in [9.17, 15) is 0 Å². The van der Waals surface area contributed by atoms with Gasteiger partial charge in [0.05, 0.1) is 0 Å². The summed E-state index contributed by atoms with van der Waals surface area (Å²) in [4.78, 5) is 4.88. The van der Waals surface area contributed by atoms with E-state index in [1.807, 2.05) is 0 Å². The quantitative estimate of drug-likeness (QED) is 0.113. The largest absolute Gasteiger partial charge is 0.310 e. The monoisotopic (exact) mass is 996 g/mol. The molecule has 78 heavy (non-hydrogen) atoms. The summed E-state index contributed by atoms with van der Waals surface area (Å²) < 4.78 is 0. The molecule has 0 spiro atoms. The van der Waals surface area contributed by atoms with Crippen LogP contribution in [0.3, 0.4) is 0 Å². The van der Waals surface area contributed by atoms with Crippen LogP contribution >= 0.6 is 0 Å². The van der Waals surface area contributed by atoms with Gasteiger partial charge in [-0.05, 0) is 187 Å². The summed E-state index contributed by atoms with van der Waals surface area (Å²) >= 11 is 0. The molecule has 0 amide bonds. The third-order valence-electron chi connectivity index (χ3n) is 15.1. The van der Waals surface area contributed by atoms with Crippen LogP contribution in [0.25, 0.3) is 88.3 Å². The van der Waals surface area contributed by atoms with E-state index < -0.39 is 0 Å². The van der Waals surface area contributed by atoms with Gasteiger partial charge in [0.2, 0.25) is 0 Å². The van der Waals surface area contributed by atoms with Crippen molar-refractivity contribution in [2.24, 2.45) is 0 Å². The number of hydrogen-bond acceptors (Lipinski definition) is 2. The first-order chi connectivity index (χ1) is 38.5. The van der Waals surface area contributed by atoms with E-state index in [4.69, 9.17) is 0 Å². The van der Waals surface area contributed by atoms with E-state index in [2.05, 4.69) is 327 Å². The molecule has 0 aromatic heterocycles. The summed E-state index contributed by atoms with van der Waals surface area (Å²) in [7, 11) is 0. The van der Waals surface area contributed by atoms with E-state index in [1.54, 1.807) is 0 Å². The average molecular weight is 997 g/mol. The van der Waals surface area contributed by atoms with Gasteiger partial charge in [-0.15, -0.1) is 0 Å². The summed E-state index contributed by atoms with van der Waals surface area (Å²) in [6.07, 6.45) is 0. The van der Waals surface area contributed by atoms with Crippen molar-refractivity contribution >= 4 is 55.7 Å². The van der Waals surface area contributed by atoms with Crippen molar-refractivity contribution in [2.75, 3.05) is 9.80 Å². The third kappa shape index (κ3) is 9.42. The van der Waals surface area contributed by atoms with Crippen LogP contribution in [0.4, 0.5) is 34.1 Å². The van der Waals surface area contributed by atoms with Crippen molar-refractivity contribution in [1.29, 1.82) is 0 Å². The first kappa shape index (κ1) is 47.7. The highest BCUT2D eigenvalue weighted by Gasteiger charge is 2.24. The van der Waals surface area contributed by atoms with E-state index in [0.29, 0.717) is 0 Å². The molecule has 0 aliphatic carbocycles. The van der Waals surface area contributed by atoms with Crippen molar-refractivity contribution in [1.82, 2.24) is 0 Å². The van der Waals surface area contributed by atoms with Gasteiger partial charge in [0, 0.05) is 34.1 Å². The normalized spacial score (nSPS) is 11.2. The Kier molecular flexibility index (Phi) is 12.8. The average Bonchev–Trinajstić information content (AvgIpc) is 3.52. The summed E-state index contributed by atoms with van der Waals surface area (Å²) in [5, 5.41) is 4.71. The molecule has 0 aliphatic rings. The number of fused-ring (bicyclic) bond motifs is 2. The highest BCUT2D eigenvalue weighted by atomic mass is 15.1. The molecule has 0 N–H and O–H groups in total. The second kappa shape index (κ2) is 20.9. The molecule has 0 fully saturated rings. The molecule has 2 heteroatoms. The van der Waals surface area contributed by atoms with Crippen LogP contribution in [0.15, 0.2) is 303 Å². The molecule has 0 heterocycles. The minimum Gasteiger partial charge on any atom is -0.310 e. The van der Waals surface area contributed by atoms with Crippen LogP contribution in [-0.2, 0) is 0 Å². The Morgan fingerprint density at radius 1 is 0.179 bits per heavy atom. The zero-order valence-electron chi connectivity index (χ0n) is 43.8. The number of hydrogen-bond donors (Lipinski definition) is 0. The van der Waals surface area contributed by atoms with Gasteiger partial charge < -0.3 is 9.80 Å². The molecule has 0 saturated heterocycles. The van der Waals surface area contributed by atoms with Crippen LogP contribution in [0.5, 0.6) is 0 Å². The zero-order chi connectivity index (χ0) is 52.4. The van der Waals surface area contributed by atoms with Crippen molar-refractivity contribution < 1.29 is 0 Å². The van der Waals surface area contributed by atoms with Gasteiger partial charge in [0.15, 0.2) is 0 Å². The third-order valence-corrected chi connectivity index (χ3v) is 15.1. The lowest BCUT2D eigenvalue weighted by Crippen LogP contribution is -2.11. The minimum absolute atomic E-state index is 1.07. The Morgan fingerprint density at radius 3 is 0.718 bits per heavy atom. The number of benzene rings is 13. The highest BCUT2D eigenvalue weighted by molar-refractivity contribution is 6.22. The lowest BCUT2D eigenvalue weighted by Gasteiger charge is -2.29. The maximum Gasteiger partial charge on any atom is 0.0473 e. The number of nitrogens with zero attached hydrogens (tertiary/aromatic N) is 2. The fraction of sp³-hybridized carbons (Fsp3) is 0.0263. The molecular formula is C76H56N2. The second-order valence-electron chi connectivity index (χ2n) is 20.3. The summed E-state index contributed by atoms with van der Waals surface area (Å²) in [6.45, 7) is 4.32. The molecule has 370 valence electrons. The Bertz CT molecular complexity index is 3820. The highest BCUT2D eigenvalue weighted by Crippen LogP contribution is 2.49. The fourth-order valence-corrected chi connectivity index (χ4v) is 11.3. The van der Waals surface area contributed by atoms with Crippen LogP contribution < -0.4 is 9.80 Å². The van der Waals surface area contributed by atoms with E-state index in [0.717, 1.165) is 67.5 Å². The molecule has 2 nitrogen and oxygen atoms in total. The summed E-state index contributed by atoms with van der Waals surface area (Å²) in [5.74, 6) is 0. The van der Waals surface area contributed by atoms with Gasteiger partial charge in [-0.2, -0.15) is 0 Å². The topological polar surface area (TPSA) is 6.48 Å². The van der Waals surface area contributed by atoms with Crippen LogP contribution in [0, 0.1) is 13.8 Å². The lowest BCUT2D eigenvalue weighted by molar-refractivity contribution is 1.28. The van der Waals surface area contributed by atoms with Crippen molar-refractivity contribution in [3.63, 3.8) is 0 Å². The Balaban J connectivity index is 1.08. The van der Waals surface area contributed by atoms with Gasteiger partial charge in [0.1, 0.15) is 0 Å². The second-order valence-corrected chi connectivity index (χ2v) is 20.3. The predicted molar refractivity (Wildman–Crippen MR) is 333 cm³/mol. The van der Waals surface area contributed by atoms with E-state index in [-0.39, 0.29) is 0 Å². The minimum atomic E-state index is 1.07. The Morgan fingerprint density at radius 2 is 0.436 bits per heavy atom. The standard InChI is InChI=1S/C76H56N2/c1-53-33-37-65(38-34-53)77(69-47-61(55-21-9-3-10-22-55)45-62(48-69)56-23-11-4-12-24-56)67-41-43-71-73(51-67)75(59-29-17-7-18-30-59)72-44-42-68(52-74(72)76(71)60-31-19-8-20-32-60)78(66-39-35-54(2)36-40-66)70-49-63(57-25-13-5-14-26-57)46-64(50-70)58-27-15-6-16-28-58/h3-52H,1-2H3. The smallest absolute Gasteiger partial charge is 0.0473 e. The van der Waals surface area contributed by atoms with Crippen LogP contribution in [-0.4, -0.2) is 0 Å². The van der Waals surface area contributed by atoms with E-state index >= 15 is 0 Å². The SMILES string of the molecule is Cc1ccc(N(c2cc(-c3ccccc3)cc(-c3ccccc3)c2)c2ccc3c(-c4ccccc4)c4cc(N(c5ccc(C)cc5)c5cc(-c6ccccc6)cc(-c6ccccc6)c5)ccc4c(-c4ccccc4)c3c2)cc1. The molecule has 13 aromatic carbocycles. The maximum absolute atomic E-state index is 2.44. The van der Waals surface area contributed by atoms with Crippen molar-refractivity contribution in [3.8, 4) is 66.8 Å². The van der Waals surface area contributed by atoms with Gasteiger partial charge in [-0.1, -0.05) is 230 Å². The predicted octanol–water partition coefficient (Wildman–Crippen LogP) is 21.6. The molecular weight excluding hydrogens is 941 g/mol. The fourth-order valence-electron chi connectivity index (χ4n) is 11.3. The van der Waals surface area contributed by atoms with Gasteiger partial charge in [0.25, 0.3) is 0 Å². The summed E-state index contributed by atoms with van der Waals surface area (Å²) in [6, 6.07) is 111. The molecule has 0 saturated carbocycles. The lowest BCUT2D eigenvalue weighted by atomic mass is 9.85. The maximum atomic E-state index is 2.44. The molecule has 0 atom stereocenters. The number of anilines is 6. The van der Waals surface area contributed by atoms with Gasteiger partial charge in [-0.25, -0.2) is 0 Å². The van der Waals surface area contributed by atoms with Crippen LogP contribution in [0.2, 0.25) is 0 Å². The number of rotatable bonds is 12. The molecule has 13 aromatic rings. The zero-order valence-corrected chi connectivity index (χ0v) is 43.8. The Labute approximate surface area is 458 Å². The molecule has 0 bridgehead atoms. The van der Waals surface area contributed by atoms with Gasteiger partial charge >= 0.3 is 0 Å². The van der Waals surface area contributed by atoms with Crippen molar-refractivity contribution in [2.45, 2.75) is 13.8 Å². The molecule has 0 unspecified atom stereocenters. The molecule has 13 rings (SSSR count). The van der Waals surface area contributed by atoms with Crippen molar-refractivity contribution in [3.05, 3.63) is 314 Å². The summed E-state index contributed by atoms with van der Waals surface area (Å²) in [5.41, 5.74) is 22.9. The number of aryl methyl sites for hydroxylation is 2. The molecule has 0 radical (unpaired) electrons. The molecule has 0 aliphatic heterocycles. The Hall–Kier alpha value is -10.0. The van der Waals surface area contributed by atoms with Crippen LogP contribution in [0.1, 0.15) is 11.1 Å². The first-order valence-corrected chi connectivity index (χ1v) is 26.9. The van der Waals surface area contributed by atoms with E-state index in [1.165, 1.54) is 66.1 Å².